The second-order valence-electron chi connectivity index (χ2n) is 6.22. The number of amides is 2. The Morgan fingerprint density at radius 1 is 0.786 bits per heavy atom. The van der Waals surface area contributed by atoms with Gasteiger partial charge in [-0.3, -0.25) is 14.4 Å². The van der Waals surface area contributed by atoms with Gasteiger partial charge in [0, 0.05) is 12.8 Å². The molecule has 0 aromatic rings. The molecule has 0 saturated carbocycles. The molecule has 0 rings (SSSR count). The molecule has 9 N–H and O–H groups in total. The number of carbonyl (C=O) groups excluding carboxylic acids is 2. The van der Waals surface area contributed by atoms with Crippen LogP contribution in [0.5, 0.6) is 0 Å². The number of carboxylic acid groups (broad SMARTS) is 3. The van der Waals surface area contributed by atoms with Crippen molar-refractivity contribution in [3.63, 3.8) is 0 Å². The first kappa shape index (κ1) is 25.3. The van der Waals surface area contributed by atoms with E-state index in [1.54, 1.807) is 0 Å². The van der Waals surface area contributed by atoms with Crippen LogP contribution in [0, 0.1) is 0 Å². The van der Waals surface area contributed by atoms with Gasteiger partial charge in [-0.25, -0.2) is 9.59 Å². The maximum atomic E-state index is 11.9. The Balaban J connectivity index is 4.58. The summed E-state index contributed by atoms with van der Waals surface area (Å²) >= 11 is 0. The number of unbranched alkanes of at least 4 members (excludes halogenated alkanes) is 1. The lowest BCUT2D eigenvalue weighted by atomic mass is 10.1. The van der Waals surface area contributed by atoms with E-state index in [1.165, 1.54) is 0 Å². The van der Waals surface area contributed by atoms with E-state index in [-0.39, 0.29) is 19.3 Å². The number of carbonyl (C=O) groups is 5. The molecular weight excluding hydrogens is 376 g/mol. The molecule has 28 heavy (non-hydrogen) atoms. The Labute approximate surface area is 161 Å². The smallest absolute Gasteiger partial charge is 0.326 e. The fourth-order valence-corrected chi connectivity index (χ4v) is 2.24. The summed E-state index contributed by atoms with van der Waals surface area (Å²) in [6, 6.07) is -3.69. The third kappa shape index (κ3) is 11.1. The van der Waals surface area contributed by atoms with Gasteiger partial charge in [-0.1, -0.05) is 6.42 Å². The molecule has 0 spiro atoms. The van der Waals surface area contributed by atoms with E-state index in [2.05, 4.69) is 10.6 Å². The van der Waals surface area contributed by atoms with Gasteiger partial charge in [-0.05, 0) is 32.2 Å². The first-order chi connectivity index (χ1) is 13.1. The molecule has 0 aliphatic carbocycles. The number of aliphatic carboxylic acids is 3. The largest absolute Gasteiger partial charge is 0.481 e. The Kier molecular flexibility index (Phi) is 12.1. The summed E-state index contributed by atoms with van der Waals surface area (Å²) in [6.45, 7) is 0.449. The summed E-state index contributed by atoms with van der Waals surface area (Å²) in [5.74, 6) is -5.42. The standard InChI is InChI=1S/C16H28N4O8/c17-8-2-1-3-9(18)14(24)20-11(16(27)28)4-6-12(21)19-10(15(25)26)5-7-13(22)23/h9-11H,1-8,17-18H2,(H,19,21)(H,20,24)(H,22,23)(H,25,26)(H,27,28)/t9-,10-,11-/m0/s1. The summed E-state index contributed by atoms with van der Waals surface area (Å²) in [4.78, 5) is 56.6. The van der Waals surface area contributed by atoms with Crippen LogP contribution in [0.2, 0.25) is 0 Å². The van der Waals surface area contributed by atoms with Crippen molar-refractivity contribution < 1.29 is 39.3 Å². The topological polar surface area (TPSA) is 222 Å². The average Bonchev–Trinajstić information content (AvgIpc) is 2.61. The third-order valence-corrected chi connectivity index (χ3v) is 3.86. The van der Waals surface area contributed by atoms with Crippen LogP contribution in [0.3, 0.4) is 0 Å². The first-order valence-corrected chi connectivity index (χ1v) is 8.81. The quantitative estimate of drug-likeness (QED) is 0.152. The molecule has 0 heterocycles. The zero-order chi connectivity index (χ0) is 21.7. The van der Waals surface area contributed by atoms with Crippen molar-refractivity contribution in [2.24, 2.45) is 11.5 Å². The van der Waals surface area contributed by atoms with Crippen LogP contribution in [0.15, 0.2) is 0 Å². The second-order valence-corrected chi connectivity index (χ2v) is 6.22. The van der Waals surface area contributed by atoms with Gasteiger partial charge in [0.05, 0.1) is 6.04 Å². The molecule has 0 unspecified atom stereocenters. The molecule has 3 atom stereocenters. The molecule has 0 aliphatic rings. The first-order valence-electron chi connectivity index (χ1n) is 8.81. The summed E-state index contributed by atoms with van der Waals surface area (Å²) in [5, 5.41) is 31.1. The molecule has 12 nitrogen and oxygen atoms in total. The van der Waals surface area contributed by atoms with Crippen molar-refractivity contribution >= 4 is 29.7 Å². The summed E-state index contributed by atoms with van der Waals surface area (Å²) in [5.41, 5.74) is 11.0. The van der Waals surface area contributed by atoms with E-state index in [9.17, 15) is 29.1 Å². The molecule has 0 fully saturated rings. The van der Waals surface area contributed by atoms with Crippen LogP contribution in [-0.2, 0) is 24.0 Å². The van der Waals surface area contributed by atoms with Crippen molar-refractivity contribution in [2.75, 3.05) is 6.54 Å². The van der Waals surface area contributed by atoms with E-state index in [0.29, 0.717) is 25.8 Å². The van der Waals surface area contributed by atoms with Gasteiger partial charge < -0.3 is 37.4 Å². The predicted molar refractivity (Wildman–Crippen MR) is 96.1 cm³/mol. The Hall–Kier alpha value is -2.73. The van der Waals surface area contributed by atoms with Gasteiger partial charge in [-0.2, -0.15) is 0 Å². The molecule has 160 valence electrons. The lowest BCUT2D eigenvalue weighted by Crippen LogP contribution is -2.49. The van der Waals surface area contributed by atoms with Gasteiger partial charge in [0.2, 0.25) is 11.8 Å². The van der Waals surface area contributed by atoms with E-state index in [0.717, 1.165) is 0 Å². The zero-order valence-electron chi connectivity index (χ0n) is 15.4. The van der Waals surface area contributed by atoms with E-state index < -0.39 is 54.3 Å². The maximum Gasteiger partial charge on any atom is 0.326 e. The minimum atomic E-state index is -1.41. The van der Waals surface area contributed by atoms with Crippen LogP contribution >= 0.6 is 0 Å². The monoisotopic (exact) mass is 404 g/mol. The van der Waals surface area contributed by atoms with Gasteiger partial charge in [0.25, 0.3) is 0 Å². The Morgan fingerprint density at radius 3 is 1.82 bits per heavy atom. The van der Waals surface area contributed by atoms with E-state index in [1.807, 2.05) is 0 Å². The molecule has 0 saturated heterocycles. The summed E-state index contributed by atoms with van der Waals surface area (Å²) < 4.78 is 0. The van der Waals surface area contributed by atoms with E-state index >= 15 is 0 Å². The Bertz CT molecular complexity index is 569. The summed E-state index contributed by atoms with van der Waals surface area (Å²) in [6.07, 6.45) is 0.193. The van der Waals surface area contributed by atoms with Gasteiger partial charge in [0.1, 0.15) is 12.1 Å². The highest BCUT2D eigenvalue weighted by molar-refractivity contribution is 5.88. The molecular formula is C16H28N4O8. The van der Waals surface area contributed by atoms with Crippen molar-refractivity contribution in [1.29, 1.82) is 0 Å². The molecule has 2 amide bonds. The van der Waals surface area contributed by atoms with Crippen LogP contribution < -0.4 is 22.1 Å². The lowest BCUT2D eigenvalue weighted by molar-refractivity contribution is -0.144. The zero-order valence-corrected chi connectivity index (χ0v) is 15.4. The summed E-state index contributed by atoms with van der Waals surface area (Å²) in [7, 11) is 0. The minimum Gasteiger partial charge on any atom is -0.481 e. The van der Waals surface area contributed by atoms with Gasteiger partial charge in [0.15, 0.2) is 0 Å². The number of rotatable bonds is 15. The van der Waals surface area contributed by atoms with Crippen LogP contribution in [0.1, 0.15) is 44.9 Å². The van der Waals surface area contributed by atoms with Crippen molar-refractivity contribution in [3.05, 3.63) is 0 Å². The number of nitrogens with two attached hydrogens (primary N) is 2. The molecule has 0 aliphatic heterocycles. The number of hydrogen-bond acceptors (Lipinski definition) is 7. The van der Waals surface area contributed by atoms with Crippen LogP contribution in [0.4, 0.5) is 0 Å². The highest BCUT2D eigenvalue weighted by Gasteiger charge is 2.25. The molecule has 0 bridgehead atoms. The van der Waals surface area contributed by atoms with Crippen LogP contribution in [0.25, 0.3) is 0 Å². The van der Waals surface area contributed by atoms with Crippen molar-refractivity contribution in [1.82, 2.24) is 10.6 Å². The fourth-order valence-electron chi connectivity index (χ4n) is 2.24. The number of hydrogen-bond donors (Lipinski definition) is 7. The Morgan fingerprint density at radius 2 is 1.32 bits per heavy atom. The van der Waals surface area contributed by atoms with E-state index in [4.69, 9.17) is 21.7 Å². The highest BCUT2D eigenvalue weighted by atomic mass is 16.4. The number of carboxylic acids is 3. The molecule has 0 radical (unpaired) electrons. The lowest BCUT2D eigenvalue weighted by Gasteiger charge is -2.18. The normalized spacial score (nSPS) is 13.8. The molecule has 0 aromatic heterocycles. The SMILES string of the molecule is NCCCC[C@H](N)C(=O)N[C@@H](CCC(=O)N[C@@H](CCC(=O)O)C(=O)O)C(=O)O. The molecule has 12 heteroatoms. The van der Waals surface area contributed by atoms with Crippen molar-refractivity contribution in [3.8, 4) is 0 Å². The number of nitrogens with one attached hydrogen (secondary N) is 2. The third-order valence-electron chi connectivity index (χ3n) is 3.86. The average molecular weight is 404 g/mol. The predicted octanol–water partition coefficient (Wildman–Crippen LogP) is -1.77. The van der Waals surface area contributed by atoms with Crippen LogP contribution in [-0.4, -0.2) is 69.7 Å². The van der Waals surface area contributed by atoms with Gasteiger partial charge in [-0.15, -0.1) is 0 Å². The van der Waals surface area contributed by atoms with Gasteiger partial charge >= 0.3 is 17.9 Å². The second kappa shape index (κ2) is 13.4. The molecule has 0 aromatic carbocycles. The maximum absolute atomic E-state index is 11.9. The highest BCUT2D eigenvalue weighted by Crippen LogP contribution is 2.04. The van der Waals surface area contributed by atoms with Crippen molar-refractivity contribution in [2.45, 2.75) is 63.1 Å². The fraction of sp³-hybridized carbons (Fsp3) is 0.688. The minimum absolute atomic E-state index is 0.284.